The topological polar surface area (TPSA) is 38.0 Å². The molecule has 0 aromatic carbocycles. The van der Waals surface area contributed by atoms with E-state index >= 15 is 0 Å². The van der Waals surface area contributed by atoms with Crippen molar-refractivity contribution < 1.29 is 5.11 Å². The van der Waals surface area contributed by atoms with Gasteiger partial charge in [-0.25, -0.2) is 0 Å². The molecule has 0 spiro atoms. The summed E-state index contributed by atoms with van der Waals surface area (Å²) in [5.41, 5.74) is 2.31. The van der Waals surface area contributed by atoms with E-state index in [4.69, 9.17) is 0 Å². The Hall–Kier alpha value is -1.13. The fourth-order valence-corrected chi connectivity index (χ4v) is 2.39. The molecular formula is C12H16N2OS. The van der Waals surface area contributed by atoms with Gasteiger partial charge >= 0.3 is 0 Å². The van der Waals surface area contributed by atoms with Gasteiger partial charge in [-0.15, -0.1) is 0 Å². The Bertz CT molecular complexity index is 422. The van der Waals surface area contributed by atoms with Crippen molar-refractivity contribution in [3.63, 3.8) is 0 Å². The number of nitrogens with zero attached hydrogens (tertiary/aromatic N) is 2. The summed E-state index contributed by atoms with van der Waals surface area (Å²) < 4.78 is 1.88. The van der Waals surface area contributed by atoms with E-state index in [0.29, 0.717) is 6.42 Å². The summed E-state index contributed by atoms with van der Waals surface area (Å²) in [5.74, 6) is 0. The summed E-state index contributed by atoms with van der Waals surface area (Å²) >= 11 is 1.67. The molecule has 1 atom stereocenters. The lowest BCUT2D eigenvalue weighted by atomic mass is 10.1. The van der Waals surface area contributed by atoms with E-state index in [0.717, 1.165) is 18.5 Å². The van der Waals surface area contributed by atoms with Gasteiger partial charge in [-0.05, 0) is 41.3 Å². The highest BCUT2D eigenvalue weighted by Crippen LogP contribution is 2.11. The quantitative estimate of drug-likeness (QED) is 0.863. The minimum atomic E-state index is -0.316. The summed E-state index contributed by atoms with van der Waals surface area (Å²) in [7, 11) is 0. The SMILES string of the molecule is CCn1cc(CC(O)Cc2ccsc2)cn1. The normalized spacial score (nSPS) is 12.9. The smallest absolute Gasteiger partial charge is 0.0622 e. The van der Waals surface area contributed by atoms with Crippen molar-refractivity contribution in [2.75, 3.05) is 0 Å². The number of aliphatic hydroxyl groups is 1. The summed E-state index contributed by atoms with van der Waals surface area (Å²) in [6.45, 7) is 2.93. The number of aromatic nitrogens is 2. The Labute approximate surface area is 99.4 Å². The second kappa shape index (κ2) is 5.27. The van der Waals surface area contributed by atoms with Gasteiger partial charge in [0.15, 0.2) is 0 Å². The van der Waals surface area contributed by atoms with Crippen molar-refractivity contribution >= 4 is 11.3 Å². The van der Waals surface area contributed by atoms with Gasteiger partial charge < -0.3 is 5.11 Å². The Morgan fingerprint density at radius 3 is 2.88 bits per heavy atom. The second-order valence-corrected chi connectivity index (χ2v) is 4.68. The predicted molar refractivity (Wildman–Crippen MR) is 65.6 cm³/mol. The lowest BCUT2D eigenvalue weighted by Crippen LogP contribution is -2.13. The van der Waals surface area contributed by atoms with E-state index in [1.807, 2.05) is 22.5 Å². The van der Waals surface area contributed by atoms with Crippen LogP contribution < -0.4 is 0 Å². The average Bonchev–Trinajstić information content (AvgIpc) is 2.89. The molecule has 86 valence electrons. The van der Waals surface area contributed by atoms with Crippen LogP contribution in [0, 0.1) is 0 Å². The third-order valence-corrected chi connectivity index (χ3v) is 3.27. The van der Waals surface area contributed by atoms with Crippen LogP contribution in [-0.4, -0.2) is 21.0 Å². The van der Waals surface area contributed by atoms with Crippen molar-refractivity contribution in [1.82, 2.24) is 9.78 Å². The van der Waals surface area contributed by atoms with Gasteiger partial charge in [0.1, 0.15) is 0 Å². The molecule has 0 bridgehead atoms. The van der Waals surface area contributed by atoms with E-state index < -0.39 is 0 Å². The molecule has 0 aliphatic heterocycles. The van der Waals surface area contributed by atoms with Crippen LogP contribution in [0.5, 0.6) is 0 Å². The van der Waals surface area contributed by atoms with Crippen LogP contribution in [0.15, 0.2) is 29.2 Å². The van der Waals surface area contributed by atoms with E-state index in [9.17, 15) is 5.11 Å². The summed E-state index contributed by atoms with van der Waals surface area (Å²) in [5, 5.41) is 18.2. The van der Waals surface area contributed by atoms with Gasteiger partial charge in [-0.2, -0.15) is 16.4 Å². The molecule has 3 nitrogen and oxygen atoms in total. The van der Waals surface area contributed by atoms with Crippen molar-refractivity contribution in [1.29, 1.82) is 0 Å². The molecule has 1 unspecified atom stereocenters. The first-order valence-electron chi connectivity index (χ1n) is 5.48. The van der Waals surface area contributed by atoms with Crippen molar-refractivity contribution in [2.24, 2.45) is 0 Å². The zero-order valence-corrected chi connectivity index (χ0v) is 10.2. The Morgan fingerprint density at radius 2 is 2.25 bits per heavy atom. The summed E-state index contributed by atoms with van der Waals surface area (Å²) in [6, 6.07) is 2.06. The molecule has 0 saturated carbocycles. The number of hydrogen-bond donors (Lipinski definition) is 1. The van der Waals surface area contributed by atoms with Crippen LogP contribution in [0.25, 0.3) is 0 Å². The second-order valence-electron chi connectivity index (χ2n) is 3.90. The maximum absolute atomic E-state index is 9.92. The third kappa shape index (κ3) is 2.93. The Balaban J connectivity index is 1.89. The molecule has 2 heterocycles. The molecule has 16 heavy (non-hydrogen) atoms. The number of thiophene rings is 1. The first-order valence-corrected chi connectivity index (χ1v) is 6.42. The molecule has 2 aromatic heterocycles. The molecule has 0 aliphatic rings. The molecule has 0 radical (unpaired) electrons. The van der Waals surface area contributed by atoms with Gasteiger partial charge in [-0.3, -0.25) is 4.68 Å². The fraction of sp³-hybridized carbons (Fsp3) is 0.417. The van der Waals surface area contributed by atoms with E-state index in [1.165, 1.54) is 5.56 Å². The molecule has 0 amide bonds. The van der Waals surface area contributed by atoms with Crippen LogP contribution >= 0.6 is 11.3 Å². The minimum absolute atomic E-state index is 0.316. The van der Waals surface area contributed by atoms with Crippen LogP contribution in [0.4, 0.5) is 0 Å². The fourth-order valence-electron chi connectivity index (χ4n) is 1.71. The summed E-state index contributed by atoms with van der Waals surface area (Å²) in [6.07, 6.45) is 4.91. The Kier molecular flexibility index (Phi) is 3.74. The summed E-state index contributed by atoms with van der Waals surface area (Å²) in [4.78, 5) is 0. The predicted octanol–water partition coefficient (Wildman–Crippen LogP) is 2.11. The van der Waals surface area contributed by atoms with E-state index in [2.05, 4.69) is 23.5 Å². The third-order valence-electron chi connectivity index (χ3n) is 2.53. The maximum atomic E-state index is 9.92. The van der Waals surface area contributed by atoms with Crippen LogP contribution in [-0.2, 0) is 19.4 Å². The van der Waals surface area contributed by atoms with E-state index in [1.54, 1.807) is 11.3 Å². The van der Waals surface area contributed by atoms with Crippen molar-refractivity contribution in [2.45, 2.75) is 32.4 Å². The van der Waals surface area contributed by atoms with E-state index in [-0.39, 0.29) is 6.10 Å². The first kappa shape index (κ1) is 11.4. The lowest BCUT2D eigenvalue weighted by Gasteiger charge is -2.07. The molecule has 2 rings (SSSR count). The number of rotatable bonds is 5. The van der Waals surface area contributed by atoms with Gasteiger partial charge in [0.25, 0.3) is 0 Å². The molecular weight excluding hydrogens is 220 g/mol. The molecule has 0 saturated heterocycles. The largest absolute Gasteiger partial charge is 0.392 e. The zero-order chi connectivity index (χ0) is 11.4. The van der Waals surface area contributed by atoms with Crippen LogP contribution in [0.2, 0.25) is 0 Å². The van der Waals surface area contributed by atoms with Crippen molar-refractivity contribution in [3.05, 3.63) is 40.3 Å². The van der Waals surface area contributed by atoms with Crippen LogP contribution in [0.3, 0.4) is 0 Å². The lowest BCUT2D eigenvalue weighted by molar-refractivity contribution is 0.175. The molecule has 1 N–H and O–H groups in total. The monoisotopic (exact) mass is 236 g/mol. The highest BCUT2D eigenvalue weighted by atomic mass is 32.1. The minimum Gasteiger partial charge on any atom is -0.392 e. The zero-order valence-electron chi connectivity index (χ0n) is 9.34. The van der Waals surface area contributed by atoms with Gasteiger partial charge in [0.2, 0.25) is 0 Å². The van der Waals surface area contributed by atoms with Crippen LogP contribution in [0.1, 0.15) is 18.1 Å². The number of aryl methyl sites for hydroxylation is 1. The maximum Gasteiger partial charge on any atom is 0.0622 e. The standard InChI is InChI=1S/C12H16N2OS/c1-2-14-8-11(7-13-14)6-12(15)5-10-3-4-16-9-10/h3-4,7-9,12,15H,2,5-6H2,1H3. The average molecular weight is 236 g/mol. The molecule has 0 fully saturated rings. The molecule has 2 aromatic rings. The number of hydrogen-bond acceptors (Lipinski definition) is 3. The van der Waals surface area contributed by atoms with Gasteiger partial charge in [0.05, 0.1) is 12.3 Å². The highest BCUT2D eigenvalue weighted by Gasteiger charge is 2.08. The van der Waals surface area contributed by atoms with Crippen molar-refractivity contribution in [3.8, 4) is 0 Å². The molecule has 0 aliphatic carbocycles. The first-order chi connectivity index (χ1) is 7.78. The molecule has 4 heteroatoms. The number of aliphatic hydroxyl groups excluding tert-OH is 1. The Morgan fingerprint density at radius 1 is 1.44 bits per heavy atom. The van der Waals surface area contributed by atoms with Gasteiger partial charge in [0, 0.05) is 19.2 Å². The highest BCUT2D eigenvalue weighted by molar-refractivity contribution is 7.07. The van der Waals surface area contributed by atoms with Gasteiger partial charge in [-0.1, -0.05) is 0 Å².